The van der Waals surface area contributed by atoms with Crippen molar-refractivity contribution in [1.82, 2.24) is 0 Å². The molecule has 0 spiro atoms. The van der Waals surface area contributed by atoms with Gasteiger partial charge in [0.15, 0.2) is 5.78 Å². The lowest BCUT2D eigenvalue weighted by atomic mass is 9.66. The Kier molecular flexibility index (Phi) is 5.00. The number of carbonyl (C=O) groups excluding carboxylic acids is 2. The minimum absolute atomic E-state index is 0.112. The number of esters is 1. The second kappa shape index (κ2) is 7.07. The Morgan fingerprint density at radius 2 is 2.00 bits per heavy atom. The molecule has 0 amide bonds. The van der Waals surface area contributed by atoms with Crippen LogP contribution in [0.25, 0.3) is 5.57 Å². The summed E-state index contributed by atoms with van der Waals surface area (Å²) in [4.78, 5) is 25.5. The standard InChI is InChI=1S/C23H29O4P/c1-14-9-10-17-20(14)21(23(28)12-11-18(24)22(17,3)27-23)26-19(25)13-15(2)16-7-5-4-6-8-16/h4-8,13-14,17,20-21H,9-12,28H2,1-3H3/b15-13+. The van der Waals surface area contributed by atoms with Crippen LogP contribution in [-0.2, 0) is 19.1 Å². The van der Waals surface area contributed by atoms with Gasteiger partial charge in [-0.25, -0.2) is 4.79 Å². The summed E-state index contributed by atoms with van der Waals surface area (Å²) in [5.74, 6) is 0.515. The summed E-state index contributed by atoms with van der Waals surface area (Å²) in [6.45, 7) is 6.07. The molecule has 2 bridgehead atoms. The number of allylic oxidation sites excluding steroid dienone is 1. The van der Waals surface area contributed by atoms with Gasteiger partial charge in [-0.3, -0.25) is 4.79 Å². The molecule has 7 atom stereocenters. The predicted molar refractivity (Wildman–Crippen MR) is 112 cm³/mol. The maximum absolute atomic E-state index is 12.8. The quantitative estimate of drug-likeness (QED) is 0.429. The number of fused-ring (bicyclic) bond motifs is 4. The summed E-state index contributed by atoms with van der Waals surface area (Å²) in [5, 5.41) is -0.688. The van der Waals surface area contributed by atoms with Crippen molar-refractivity contribution in [2.24, 2.45) is 17.8 Å². The Balaban J connectivity index is 1.61. The van der Waals surface area contributed by atoms with E-state index in [-0.39, 0.29) is 29.7 Å². The van der Waals surface area contributed by atoms with E-state index in [1.807, 2.05) is 44.2 Å². The largest absolute Gasteiger partial charge is 0.455 e. The first-order valence-corrected chi connectivity index (χ1v) is 10.8. The van der Waals surface area contributed by atoms with Crippen LogP contribution in [0.15, 0.2) is 36.4 Å². The Morgan fingerprint density at radius 3 is 2.71 bits per heavy atom. The molecular weight excluding hydrogens is 371 g/mol. The molecule has 2 saturated heterocycles. The average molecular weight is 400 g/mol. The van der Waals surface area contributed by atoms with Crippen molar-refractivity contribution in [2.75, 3.05) is 0 Å². The van der Waals surface area contributed by atoms with Crippen molar-refractivity contribution >= 4 is 26.6 Å². The molecule has 2 heterocycles. The van der Waals surface area contributed by atoms with Gasteiger partial charge in [0.05, 0.1) is 0 Å². The van der Waals surface area contributed by atoms with E-state index >= 15 is 0 Å². The predicted octanol–water partition coefficient (Wildman–Crippen LogP) is 4.39. The molecule has 1 aromatic rings. The van der Waals surface area contributed by atoms with Crippen LogP contribution < -0.4 is 0 Å². The lowest BCUT2D eigenvalue weighted by molar-refractivity contribution is -0.252. The first kappa shape index (κ1) is 19.8. The van der Waals surface area contributed by atoms with Gasteiger partial charge in [-0.15, -0.1) is 0 Å². The Hall–Kier alpha value is -1.51. The first-order valence-electron chi connectivity index (χ1n) is 10.2. The molecule has 3 aliphatic rings. The lowest BCUT2D eigenvalue weighted by Crippen LogP contribution is -2.67. The van der Waals surface area contributed by atoms with E-state index in [4.69, 9.17) is 9.47 Å². The number of carbonyl (C=O) groups is 2. The number of Topliss-reactive ketones (excluding diaryl/α,β-unsaturated/α-hetero) is 1. The van der Waals surface area contributed by atoms with Crippen molar-refractivity contribution in [1.29, 1.82) is 0 Å². The molecule has 4 rings (SSSR count). The smallest absolute Gasteiger partial charge is 0.331 e. The van der Waals surface area contributed by atoms with E-state index < -0.39 is 10.9 Å². The van der Waals surface area contributed by atoms with E-state index in [1.54, 1.807) is 6.08 Å². The van der Waals surface area contributed by atoms with E-state index in [2.05, 4.69) is 16.2 Å². The highest BCUT2D eigenvalue weighted by molar-refractivity contribution is 7.18. The molecule has 3 fully saturated rings. The number of hydrogen-bond donors (Lipinski definition) is 0. The Morgan fingerprint density at radius 1 is 1.29 bits per heavy atom. The maximum atomic E-state index is 12.8. The van der Waals surface area contributed by atoms with Crippen molar-refractivity contribution in [3.8, 4) is 0 Å². The monoisotopic (exact) mass is 400 g/mol. The van der Waals surface area contributed by atoms with Crippen LogP contribution in [0.5, 0.6) is 0 Å². The van der Waals surface area contributed by atoms with Crippen LogP contribution in [0, 0.1) is 17.8 Å². The summed E-state index contributed by atoms with van der Waals surface area (Å²) in [5.41, 5.74) is 1.12. The van der Waals surface area contributed by atoms with Crippen LogP contribution in [0.4, 0.5) is 0 Å². The molecular formula is C23H29O4P. The molecule has 1 aromatic carbocycles. The van der Waals surface area contributed by atoms with Crippen molar-refractivity contribution < 1.29 is 19.1 Å². The van der Waals surface area contributed by atoms with Gasteiger partial charge in [-0.2, -0.15) is 0 Å². The molecule has 2 aliphatic heterocycles. The minimum atomic E-state index is -0.756. The maximum Gasteiger partial charge on any atom is 0.331 e. The van der Waals surface area contributed by atoms with Crippen LogP contribution in [0.3, 0.4) is 0 Å². The van der Waals surface area contributed by atoms with Crippen LogP contribution >= 0.6 is 9.24 Å². The number of ether oxygens (including phenoxy) is 2. The molecule has 1 saturated carbocycles. The van der Waals surface area contributed by atoms with Crippen LogP contribution in [0.2, 0.25) is 0 Å². The second-order valence-electron chi connectivity index (χ2n) is 8.88. The zero-order valence-electron chi connectivity index (χ0n) is 16.8. The third-order valence-corrected chi connectivity index (χ3v) is 7.83. The summed E-state index contributed by atoms with van der Waals surface area (Å²) in [7, 11) is 2.79. The third kappa shape index (κ3) is 3.15. The van der Waals surface area contributed by atoms with E-state index in [9.17, 15) is 9.59 Å². The van der Waals surface area contributed by atoms with Gasteiger partial charge in [-0.1, -0.05) is 46.5 Å². The lowest BCUT2D eigenvalue weighted by Gasteiger charge is -2.57. The topological polar surface area (TPSA) is 52.6 Å². The number of rotatable bonds is 3. The Bertz CT molecular complexity index is 819. The fourth-order valence-corrected chi connectivity index (χ4v) is 6.22. The summed E-state index contributed by atoms with van der Waals surface area (Å²) >= 11 is 0. The molecule has 0 aromatic heterocycles. The van der Waals surface area contributed by atoms with Gasteiger partial charge in [0.1, 0.15) is 17.0 Å². The summed E-state index contributed by atoms with van der Waals surface area (Å²) in [6, 6.07) is 9.82. The number of hydrogen-bond acceptors (Lipinski definition) is 4. The molecule has 150 valence electrons. The van der Waals surface area contributed by atoms with Gasteiger partial charge in [0.25, 0.3) is 0 Å². The molecule has 0 radical (unpaired) electrons. The SMILES string of the molecule is C/C(=C\C(=O)OC1C2C(C)CCC2C2(C)OC1(P)CCC2=O)c1ccccc1. The van der Waals surface area contributed by atoms with Crippen molar-refractivity contribution in [3.63, 3.8) is 0 Å². The normalized spacial score (nSPS) is 40.1. The van der Waals surface area contributed by atoms with Gasteiger partial charge in [0, 0.05) is 24.3 Å². The number of benzene rings is 1. The molecule has 28 heavy (non-hydrogen) atoms. The van der Waals surface area contributed by atoms with Crippen molar-refractivity contribution in [3.05, 3.63) is 42.0 Å². The summed E-state index contributed by atoms with van der Waals surface area (Å²) in [6.07, 6.45) is 4.25. The zero-order valence-corrected chi connectivity index (χ0v) is 18.0. The fourth-order valence-electron chi connectivity index (χ4n) is 5.54. The molecule has 0 N–H and O–H groups in total. The molecule has 1 aliphatic carbocycles. The van der Waals surface area contributed by atoms with Gasteiger partial charge >= 0.3 is 5.97 Å². The minimum Gasteiger partial charge on any atom is -0.455 e. The van der Waals surface area contributed by atoms with E-state index in [0.29, 0.717) is 18.8 Å². The number of ketones is 1. The van der Waals surface area contributed by atoms with Gasteiger partial charge in [0.2, 0.25) is 0 Å². The fraction of sp³-hybridized carbons (Fsp3) is 0.565. The molecule has 7 unspecified atom stereocenters. The van der Waals surface area contributed by atoms with Gasteiger partial charge in [-0.05, 0) is 50.2 Å². The summed E-state index contributed by atoms with van der Waals surface area (Å²) < 4.78 is 12.5. The van der Waals surface area contributed by atoms with E-state index in [1.165, 1.54) is 0 Å². The van der Waals surface area contributed by atoms with Crippen LogP contribution in [0.1, 0.15) is 52.0 Å². The Labute approximate surface area is 169 Å². The highest BCUT2D eigenvalue weighted by Crippen LogP contribution is 2.59. The average Bonchev–Trinajstić information content (AvgIpc) is 3.05. The van der Waals surface area contributed by atoms with Crippen molar-refractivity contribution in [2.45, 2.75) is 63.5 Å². The van der Waals surface area contributed by atoms with E-state index in [0.717, 1.165) is 24.0 Å². The highest BCUT2D eigenvalue weighted by atomic mass is 31.0. The third-order valence-electron chi connectivity index (χ3n) is 7.10. The zero-order chi connectivity index (χ0) is 20.1. The molecule has 4 nitrogen and oxygen atoms in total. The first-order chi connectivity index (χ1) is 13.2. The van der Waals surface area contributed by atoms with Crippen LogP contribution in [-0.4, -0.2) is 28.8 Å². The molecule has 5 heteroatoms. The van der Waals surface area contributed by atoms with Gasteiger partial charge < -0.3 is 9.47 Å². The second-order valence-corrected chi connectivity index (χ2v) is 9.85. The highest BCUT2D eigenvalue weighted by Gasteiger charge is 2.65.